The Morgan fingerprint density at radius 3 is 2.67 bits per heavy atom. The predicted molar refractivity (Wildman–Crippen MR) is 80.9 cm³/mol. The second kappa shape index (κ2) is 6.16. The van der Waals surface area contributed by atoms with E-state index < -0.39 is 0 Å². The normalized spacial score (nSPS) is 23.1. The number of fused-ring (bicyclic) bond motifs is 1. The molecule has 3 rings (SSSR count). The van der Waals surface area contributed by atoms with Crippen molar-refractivity contribution in [2.75, 3.05) is 0 Å². The van der Waals surface area contributed by atoms with Crippen LogP contribution in [-0.4, -0.2) is 26.7 Å². The number of hydrogen-bond donors (Lipinski definition) is 1. The van der Waals surface area contributed by atoms with Gasteiger partial charge in [-0.3, -0.25) is 4.79 Å². The van der Waals surface area contributed by atoms with E-state index in [9.17, 15) is 4.79 Å². The molecule has 1 aliphatic heterocycles. The lowest BCUT2D eigenvalue weighted by molar-refractivity contribution is -0.126. The van der Waals surface area contributed by atoms with Crippen molar-refractivity contribution in [1.82, 2.24) is 20.1 Å². The van der Waals surface area contributed by atoms with Gasteiger partial charge in [0, 0.05) is 30.8 Å². The van der Waals surface area contributed by atoms with E-state index >= 15 is 0 Å². The summed E-state index contributed by atoms with van der Waals surface area (Å²) in [6.45, 7) is 5.11. The van der Waals surface area contributed by atoms with Gasteiger partial charge in [-0.1, -0.05) is 33.1 Å². The van der Waals surface area contributed by atoms with Gasteiger partial charge in [-0.2, -0.15) is 0 Å². The maximum atomic E-state index is 12.4. The maximum Gasteiger partial charge on any atom is 0.223 e. The van der Waals surface area contributed by atoms with E-state index in [-0.39, 0.29) is 17.9 Å². The molecule has 1 fully saturated rings. The van der Waals surface area contributed by atoms with Crippen LogP contribution >= 0.6 is 0 Å². The van der Waals surface area contributed by atoms with Gasteiger partial charge in [0.25, 0.3) is 0 Å². The molecule has 116 valence electrons. The Morgan fingerprint density at radius 2 is 1.95 bits per heavy atom. The first-order valence-corrected chi connectivity index (χ1v) is 8.37. The maximum absolute atomic E-state index is 12.4. The first-order valence-electron chi connectivity index (χ1n) is 8.37. The van der Waals surface area contributed by atoms with E-state index in [2.05, 4.69) is 33.9 Å². The van der Waals surface area contributed by atoms with Crippen molar-refractivity contribution in [3.63, 3.8) is 0 Å². The van der Waals surface area contributed by atoms with E-state index in [0.717, 1.165) is 43.9 Å². The fourth-order valence-electron chi connectivity index (χ4n) is 3.58. The number of nitrogens with one attached hydrogen (secondary N) is 1. The molecule has 0 saturated heterocycles. The first-order chi connectivity index (χ1) is 10.1. The molecule has 5 heteroatoms. The lowest BCUT2D eigenvalue weighted by Crippen LogP contribution is -2.44. The molecule has 2 aliphatic rings. The largest absolute Gasteiger partial charge is 0.351 e. The van der Waals surface area contributed by atoms with Gasteiger partial charge in [0.2, 0.25) is 5.91 Å². The Morgan fingerprint density at radius 1 is 1.19 bits per heavy atom. The molecule has 2 heterocycles. The van der Waals surface area contributed by atoms with Crippen LogP contribution in [0.4, 0.5) is 0 Å². The lowest BCUT2D eigenvalue weighted by atomic mass is 9.88. The number of rotatable bonds is 3. The number of carbonyl (C=O) groups excluding carboxylic acids is 1. The van der Waals surface area contributed by atoms with Gasteiger partial charge in [0.1, 0.15) is 11.6 Å². The summed E-state index contributed by atoms with van der Waals surface area (Å²) in [4.78, 5) is 12.4. The molecule has 1 aromatic rings. The quantitative estimate of drug-likeness (QED) is 0.930. The Labute approximate surface area is 126 Å². The predicted octanol–water partition coefficient (Wildman–Crippen LogP) is 2.41. The van der Waals surface area contributed by atoms with Crippen LogP contribution in [0.2, 0.25) is 0 Å². The molecular weight excluding hydrogens is 264 g/mol. The van der Waals surface area contributed by atoms with Crippen molar-refractivity contribution in [3.8, 4) is 0 Å². The Kier molecular flexibility index (Phi) is 4.27. The minimum absolute atomic E-state index is 0.237. The highest BCUT2D eigenvalue weighted by atomic mass is 16.1. The van der Waals surface area contributed by atoms with Gasteiger partial charge in [-0.15, -0.1) is 10.2 Å². The second-order valence-corrected chi connectivity index (χ2v) is 6.82. The number of amides is 1. The van der Waals surface area contributed by atoms with Crippen LogP contribution in [0.15, 0.2) is 0 Å². The third-order valence-electron chi connectivity index (χ3n) is 4.81. The molecule has 0 spiro atoms. The van der Waals surface area contributed by atoms with E-state index in [1.165, 1.54) is 19.3 Å². The summed E-state index contributed by atoms with van der Waals surface area (Å²) in [5.41, 5.74) is 0. The van der Waals surface area contributed by atoms with Crippen molar-refractivity contribution in [2.24, 2.45) is 5.92 Å². The number of carbonyl (C=O) groups is 1. The highest BCUT2D eigenvalue weighted by Gasteiger charge is 2.27. The summed E-state index contributed by atoms with van der Waals surface area (Å²) < 4.78 is 2.21. The molecule has 1 saturated carbocycles. The molecular formula is C16H26N4O. The summed E-state index contributed by atoms with van der Waals surface area (Å²) in [6.07, 6.45) is 7.71. The van der Waals surface area contributed by atoms with E-state index in [1.54, 1.807) is 0 Å². The molecule has 1 unspecified atom stereocenters. The Balaban J connectivity index is 1.63. The van der Waals surface area contributed by atoms with E-state index in [4.69, 9.17) is 0 Å². The topological polar surface area (TPSA) is 59.8 Å². The van der Waals surface area contributed by atoms with Gasteiger partial charge in [0.05, 0.1) is 0 Å². The number of hydrogen-bond acceptors (Lipinski definition) is 3. The minimum Gasteiger partial charge on any atom is -0.351 e. The van der Waals surface area contributed by atoms with Gasteiger partial charge < -0.3 is 9.88 Å². The monoisotopic (exact) mass is 290 g/mol. The van der Waals surface area contributed by atoms with Crippen molar-refractivity contribution in [1.29, 1.82) is 0 Å². The summed E-state index contributed by atoms with van der Waals surface area (Å²) in [6, 6.07) is 0.237. The number of aromatic nitrogens is 3. The first kappa shape index (κ1) is 14.5. The SMILES string of the molecule is CC(C)c1nnc2n1CC(NC(=O)C1CCCCC1)CC2. The van der Waals surface area contributed by atoms with Crippen LogP contribution in [0.3, 0.4) is 0 Å². The Hall–Kier alpha value is -1.39. The zero-order valence-electron chi connectivity index (χ0n) is 13.1. The van der Waals surface area contributed by atoms with Crippen LogP contribution in [0.1, 0.15) is 69.9 Å². The molecule has 0 aromatic carbocycles. The molecule has 1 aliphatic carbocycles. The minimum atomic E-state index is 0.237. The lowest BCUT2D eigenvalue weighted by Gasteiger charge is -2.28. The number of aryl methyl sites for hydroxylation is 1. The van der Waals surface area contributed by atoms with Crippen molar-refractivity contribution < 1.29 is 4.79 Å². The zero-order chi connectivity index (χ0) is 14.8. The van der Waals surface area contributed by atoms with E-state index in [1.807, 2.05) is 0 Å². The van der Waals surface area contributed by atoms with Crippen LogP contribution in [0, 0.1) is 5.92 Å². The van der Waals surface area contributed by atoms with E-state index in [0.29, 0.717) is 5.92 Å². The van der Waals surface area contributed by atoms with Gasteiger partial charge >= 0.3 is 0 Å². The summed E-state index contributed by atoms with van der Waals surface area (Å²) in [5.74, 6) is 3.00. The molecule has 0 bridgehead atoms. The molecule has 1 amide bonds. The molecule has 1 aromatic heterocycles. The van der Waals surface area contributed by atoms with Crippen LogP contribution in [0.5, 0.6) is 0 Å². The van der Waals surface area contributed by atoms with Crippen LogP contribution < -0.4 is 5.32 Å². The van der Waals surface area contributed by atoms with Crippen LogP contribution in [-0.2, 0) is 17.8 Å². The smallest absolute Gasteiger partial charge is 0.223 e. The molecule has 0 radical (unpaired) electrons. The fraction of sp³-hybridized carbons (Fsp3) is 0.812. The molecule has 1 N–H and O–H groups in total. The average Bonchev–Trinajstić information content (AvgIpc) is 2.91. The number of nitrogens with zero attached hydrogens (tertiary/aromatic N) is 3. The highest BCUT2D eigenvalue weighted by Crippen LogP contribution is 2.25. The molecule has 1 atom stereocenters. The highest BCUT2D eigenvalue weighted by molar-refractivity contribution is 5.79. The summed E-state index contributed by atoms with van der Waals surface area (Å²) >= 11 is 0. The van der Waals surface area contributed by atoms with Gasteiger partial charge in [-0.25, -0.2) is 0 Å². The van der Waals surface area contributed by atoms with Crippen LogP contribution in [0.25, 0.3) is 0 Å². The standard InChI is InChI=1S/C16H26N4O/c1-11(2)15-19-18-14-9-8-13(10-20(14)15)17-16(21)12-6-4-3-5-7-12/h11-13H,3-10H2,1-2H3,(H,17,21). The average molecular weight is 290 g/mol. The summed E-state index contributed by atoms with van der Waals surface area (Å²) in [7, 11) is 0. The third kappa shape index (κ3) is 3.11. The van der Waals surface area contributed by atoms with Crippen molar-refractivity contribution in [2.45, 2.75) is 77.3 Å². The van der Waals surface area contributed by atoms with Gasteiger partial charge in [-0.05, 0) is 19.3 Å². The zero-order valence-corrected chi connectivity index (χ0v) is 13.1. The third-order valence-corrected chi connectivity index (χ3v) is 4.81. The summed E-state index contributed by atoms with van der Waals surface area (Å²) in [5, 5.41) is 11.9. The van der Waals surface area contributed by atoms with Gasteiger partial charge in [0.15, 0.2) is 0 Å². The van der Waals surface area contributed by atoms with Crippen molar-refractivity contribution >= 4 is 5.91 Å². The molecule has 21 heavy (non-hydrogen) atoms. The second-order valence-electron chi connectivity index (χ2n) is 6.82. The Bertz CT molecular complexity index is 502. The fourth-order valence-corrected chi connectivity index (χ4v) is 3.58. The molecule has 5 nitrogen and oxygen atoms in total. The van der Waals surface area contributed by atoms with Crippen molar-refractivity contribution in [3.05, 3.63) is 11.6 Å².